The molecule has 0 aromatic rings. The molecular weight excluding hydrogens is 144 g/mol. The molecule has 1 heteroatoms. The molecule has 1 aliphatic carbocycles. The van der Waals surface area contributed by atoms with Gasteiger partial charge in [-0.15, -0.1) is 18.2 Å². The fraction of sp³-hybridized carbons (Fsp3) is 0.333. The third kappa shape index (κ3) is 1.17. The Kier molecular flexibility index (Phi) is 2.00. The maximum absolute atomic E-state index is 6.01. The molecule has 0 fully saturated rings. The van der Waals surface area contributed by atoms with E-state index in [0.29, 0.717) is 0 Å². The van der Waals surface area contributed by atoms with Crippen LogP contribution < -0.4 is 0 Å². The summed E-state index contributed by atoms with van der Waals surface area (Å²) in [6, 6.07) is 0. The van der Waals surface area contributed by atoms with E-state index < -0.39 is 0 Å². The third-order valence-corrected chi connectivity index (χ3v) is 2.50. The maximum Gasteiger partial charge on any atom is 0.0641 e. The molecule has 0 nitrogen and oxygen atoms in total. The van der Waals surface area contributed by atoms with E-state index in [1.807, 2.05) is 24.3 Å². The highest BCUT2D eigenvalue weighted by Crippen LogP contribution is 2.32. The van der Waals surface area contributed by atoms with Gasteiger partial charge in [0.2, 0.25) is 0 Å². The van der Waals surface area contributed by atoms with E-state index >= 15 is 0 Å². The van der Waals surface area contributed by atoms with Crippen LogP contribution in [-0.2, 0) is 0 Å². The van der Waals surface area contributed by atoms with E-state index in [-0.39, 0.29) is 10.8 Å². The van der Waals surface area contributed by atoms with Crippen molar-refractivity contribution in [1.82, 2.24) is 0 Å². The lowest BCUT2D eigenvalue weighted by molar-refractivity contribution is 0.566. The van der Waals surface area contributed by atoms with E-state index in [2.05, 4.69) is 19.6 Å². The SMILES string of the molecule is C=CC1(C)C=CC=CC1Cl. The molecular formula is C9H11Cl. The fourth-order valence-electron chi connectivity index (χ4n) is 0.904. The van der Waals surface area contributed by atoms with Crippen LogP contribution in [-0.4, -0.2) is 5.38 Å². The minimum Gasteiger partial charge on any atom is -0.117 e. The molecule has 0 aromatic carbocycles. The van der Waals surface area contributed by atoms with Gasteiger partial charge in [-0.2, -0.15) is 0 Å². The van der Waals surface area contributed by atoms with Crippen molar-refractivity contribution in [2.75, 3.05) is 0 Å². The average Bonchev–Trinajstić information content (AvgIpc) is 1.96. The Hall–Kier alpha value is -0.490. The molecule has 2 atom stereocenters. The van der Waals surface area contributed by atoms with Crippen molar-refractivity contribution in [3.8, 4) is 0 Å². The Labute approximate surface area is 66.9 Å². The largest absolute Gasteiger partial charge is 0.117 e. The molecule has 0 N–H and O–H groups in total. The smallest absolute Gasteiger partial charge is 0.0641 e. The Morgan fingerprint density at radius 3 is 2.70 bits per heavy atom. The van der Waals surface area contributed by atoms with Crippen molar-refractivity contribution in [2.45, 2.75) is 12.3 Å². The average molecular weight is 155 g/mol. The minimum absolute atomic E-state index is 0.0509. The molecule has 0 amide bonds. The highest BCUT2D eigenvalue weighted by atomic mass is 35.5. The number of allylic oxidation sites excluding steroid dienone is 5. The van der Waals surface area contributed by atoms with Gasteiger partial charge in [0.15, 0.2) is 0 Å². The van der Waals surface area contributed by atoms with Gasteiger partial charge in [0.25, 0.3) is 0 Å². The standard InChI is InChI=1S/C9H11Cl/c1-3-9(2)7-5-4-6-8(9)10/h3-8H,1H2,2H3. The first kappa shape index (κ1) is 7.62. The van der Waals surface area contributed by atoms with Gasteiger partial charge in [-0.3, -0.25) is 0 Å². The van der Waals surface area contributed by atoms with Crippen LogP contribution in [0.15, 0.2) is 37.0 Å². The van der Waals surface area contributed by atoms with Gasteiger partial charge < -0.3 is 0 Å². The zero-order valence-electron chi connectivity index (χ0n) is 6.05. The van der Waals surface area contributed by atoms with Crippen LogP contribution in [0.25, 0.3) is 0 Å². The summed E-state index contributed by atoms with van der Waals surface area (Å²) in [5.41, 5.74) is -0.0592. The molecule has 0 spiro atoms. The molecule has 10 heavy (non-hydrogen) atoms. The first-order valence-electron chi connectivity index (χ1n) is 3.33. The summed E-state index contributed by atoms with van der Waals surface area (Å²) in [7, 11) is 0. The number of rotatable bonds is 1. The zero-order valence-corrected chi connectivity index (χ0v) is 6.81. The number of alkyl halides is 1. The van der Waals surface area contributed by atoms with Crippen LogP contribution in [0.3, 0.4) is 0 Å². The Morgan fingerprint density at radius 1 is 1.60 bits per heavy atom. The summed E-state index contributed by atoms with van der Waals surface area (Å²) in [5.74, 6) is 0. The lowest BCUT2D eigenvalue weighted by Gasteiger charge is -2.27. The van der Waals surface area contributed by atoms with Gasteiger partial charge in [-0.1, -0.05) is 37.3 Å². The second-order valence-electron chi connectivity index (χ2n) is 2.72. The molecule has 2 unspecified atom stereocenters. The third-order valence-electron chi connectivity index (χ3n) is 1.88. The Bertz CT molecular complexity index is 191. The summed E-state index contributed by atoms with van der Waals surface area (Å²) in [5, 5.41) is 0.0509. The van der Waals surface area contributed by atoms with Gasteiger partial charge in [0, 0.05) is 5.41 Å². The van der Waals surface area contributed by atoms with Crippen LogP contribution in [0, 0.1) is 5.41 Å². The van der Waals surface area contributed by atoms with E-state index in [0.717, 1.165) is 0 Å². The van der Waals surface area contributed by atoms with Crippen LogP contribution in [0.4, 0.5) is 0 Å². The Balaban J connectivity index is 2.87. The van der Waals surface area contributed by atoms with Gasteiger partial charge in [-0.05, 0) is 0 Å². The second kappa shape index (κ2) is 2.63. The Morgan fingerprint density at radius 2 is 2.30 bits per heavy atom. The molecule has 0 saturated heterocycles. The normalized spacial score (nSPS) is 38.0. The van der Waals surface area contributed by atoms with Crippen LogP contribution in [0.2, 0.25) is 0 Å². The van der Waals surface area contributed by atoms with Crippen molar-refractivity contribution in [1.29, 1.82) is 0 Å². The van der Waals surface area contributed by atoms with Crippen LogP contribution in [0.5, 0.6) is 0 Å². The quantitative estimate of drug-likeness (QED) is 0.403. The van der Waals surface area contributed by atoms with E-state index in [1.54, 1.807) is 0 Å². The lowest BCUT2D eigenvalue weighted by Crippen LogP contribution is -2.22. The highest BCUT2D eigenvalue weighted by molar-refractivity contribution is 6.22. The van der Waals surface area contributed by atoms with Crippen LogP contribution in [0.1, 0.15) is 6.92 Å². The zero-order chi connectivity index (χ0) is 7.61. The molecule has 0 saturated carbocycles. The lowest BCUT2D eigenvalue weighted by atomic mass is 9.84. The van der Waals surface area contributed by atoms with E-state index in [1.165, 1.54) is 0 Å². The van der Waals surface area contributed by atoms with Gasteiger partial charge >= 0.3 is 0 Å². The fourth-order valence-corrected chi connectivity index (χ4v) is 1.15. The molecule has 54 valence electrons. The highest BCUT2D eigenvalue weighted by Gasteiger charge is 2.25. The van der Waals surface area contributed by atoms with Crippen molar-refractivity contribution < 1.29 is 0 Å². The summed E-state index contributed by atoms with van der Waals surface area (Å²) < 4.78 is 0. The summed E-state index contributed by atoms with van der Waals surface area (Å²) >= 11 is 6.01. The molecule has 0 aliphatic heterocycles. The summed E-state index contributed by atoms with van der Waals surface area (Å²) in [4.78, 5) is 0. The van der Waals surface area contributed by atoms with Gasteiger partial charge in [0.1, 0.15) is 0 Å². The summed E-state index contributed by atoms with van der Waals surface area (Å²) in [6.07, 6.45) is 9.88. The van der Waals surface area contributed by atoms with Crippen molar-refractivity contribution in [2.24, 2.45) is 5.41 Å². The van der Waals surface area contributed by atoms with Gasteiger partial charge in [-0.25, -0.2) is 0 Å². The predicted molar refractivity (Wildman–Crippen MR) is 46.2 cm³/mol. The van der Waals surface area contributed by atoms with E-state index in [9.17, 15) is 0 Å². The minimum atomic E-state index is -0.0592. The number of halogens is 1. The predicted octanol–water partition coefficient (Wildman–Crippen LogP) is 2.91. The van der Waals surface area contributed by atoms with Gasteiger partial charge in [0.05, 0.1) is 5.38 Å². The maximum atomic E-state index is 6.01. The number of hydrogen-bond acceptors (Lipinski definition) is 0. The molecule has 1 rings (SSSR count). The summed E-state index contributed by atoms with van der Waals surface area (Å²) in [6.45, 7) is 5.80. The van der Waals surface area contributed by atoms with E-state index in [4.69, 9.17) is 11.6 Å². The number of hydrogen-bond donors (Lipinski definition) is 0. The second-order valence-corrected chi connectivity index (χ2v) is 3.19. The first-order chi connectivity index (χ1) is 4.69. The van der Waals surface area contributed by atoms with Crippen molar-refractivity contribution >= 4 is 11.6 Å². The molecule has 0 aromatic heterocycles. The van der Waals surface area contributed by atoms with Crippen LogP contribution >= 0.6 is 11.6 Å². The molecule has 0 heterocycles. The molecule has 1 aliphatic rings. The van der Waals surface area contributed by atoms with Crippen molar-refractivity contribution in [3.63, 3.8) is 0 Å². The molecule has 0 radical (unpaired) electrons. The first-order valence-corrected chi connectivity index (χ1v) is 3.76. The topological polar surface area (TPSA) is 0 Å². The monoisotopic (exact) mass is 154 g/mol. The molecule has 0 bridgehead atoms. The van der Waals surface area contributed by atoms with Crippen molar-refractivity contribution in [3.05, 3.63) is 37.0 Å².